The number of nitrogens with one attached hydrogen (secondary N) is 2. The first kappa shape index (κ1) is 9.59. The monoisotopic (exact) mass is 180 g/mol. The Hall–Kier alpha value is -1.50. The van der Waals surface area contributed by atoms with Crippen molar-refractivity contribution in [3.63, 3.8) is 0 Å². The van der Waals surface area contributed by atoms with Gasteiger partial charge in [-0.3, -0.25) is 9.59 Å². The molecule has 0 aromatic carbocycles. The second kappa shape index (κ2) is 4.51. The van der Waals surface area contributed by atoms with Crippen molar-refractivity contribution in [1.29, 1.82) is 0 Å². The summed E-state index contributed by atoms with van der Waals surface area (Å²) < 4.78 is 0. The van der Waals surface area contributed by atoms with Crippen molar-refractivity contribution in [2.75, 3.05) is 6.54 Å². The van der Waals surface area contributed by atoms with Gasteiger partial charge in [-0.15, -0.1) is 12.3 Å². The lowest BCUT2D eigenvalue weighted by Gasteiger charge is -2.09. The highest BCUT2D eigenvalue weighted by molar-refractivity contribution is 5.90. The summed E-state index contributed by atoms with van der Waals surface area (Å²) in [6.07, 6.45) is 6.56. The topological polar surface area (TPSA) is 58.2 Å². The Morgan fingerprint density at radius 2 is 2.54 bits per heavy atom. The lowest BCUT2D eigenvalue weighted by molar-refractivity contribution is -0.125. The first-order valence-electron chi connectivity index (χ1n) is 4.24. The van der Waals surface area contributed by atoms with Gasteiger partial charge in [-0.05, 0) is 6.42 Å². The van der Waals surface area contributed by atoms with Gasteiger partial charge in [-0.25, -0.2) is 0 Å². The molecule has 0 aliphatic carbocycles. The first-order chi connectivity index (χ1) is 6.24. The molecule has 0 spiro atoms. The molecule has 1 fully saturated rings. The molecule has 0 unspecified atom stereocenters. The number of hydrogen-bond donors (Lipinski definition) is 2. The molecule has 2 N–H and O–H groups in total. The number of carbonyl (C=O) groups excluding carboxylic acids is 2. The van der Waals surface area contributed by atoms with Crippen molar-refractivity contribution in [1.82, 2.24) is 10.6 Å². The highest BCUT2D eigenvalue weighted by Crippen LogP contribution is 2.05. The lowest BCUT2D eigenvalue weighted by atomic mass is 10.2. The minimum Gasteiger partial charge on any atom is -0.353 e. The second-order valence-corrected chi connectivity index (χ2v) is 2.90. The number of amides is 2. The van der Waals surface area contributed by atoms with E-state index in [1.807, 2.05) is 0 Å². The standard InChI is InChI=1S/C9H12N2O2/c1-2-3-6-10-9(13)7-4-5-8(12)11-7/h1,7H,3-6H2,(H,10,13)(H,11,12)/t7-/m1/s1. The summed E-state index contributed by atoms with van der Waals surface area (Å²) in [7, 11) is 0. The van der Waals surface area contributed by atoms with Crippen molar-refractivity contribution in [3.05, 3.63) is 0 Å². The van der Waals surface area contributed by atoms with Crippen LogP contribution in [0.1, 0.15) is 19.3 Å². The zero-order chi connectivity index (χ0) is 9.68. The fourth-order valence-electron chi connectivity index (χ4n) is 1.19. The Balaban J connectivity index is 2.24. The third-order valence-electron chi connectivity index (χ3n) is 1.88. The van der Waals surface area contributed by atoms with Gasteiger partial charge < -0.3 is 10.6 Å². The third-order valence-corrected chi connectivity index (χ3v) is 1.88. The van der Waals surface area contributed by atoms with E-state index >= 15 is 0 Å². The summed E-state index contributed by atoms with van der Waals surface area (Å²) in [5.74, 6) is 2.22. The highest BCUT2D eigenvalue weighted by atomic mass is 16.2. The first-order valence-corrected chi connectivity index (χ1v) is 4.24. The van der Waals surface area contributed by atoms with Gasteiger partial charge in [0.1, 0.15) is 6.04 Å². The van der Waals surface area contributed by atoms with Gasteiger partial charge in [0.25, 0.3) is 0 Å². The predicted octanol–water partition coefficient (Wildman–Crippen LogP) is -0.596. The van der Waals surface area contributed by atoms with Gasteiger partial charge in [0.15, 0.2) is 0 Å². The Kier molecular flexibility index (Phi) is 3.32. The molecular weight excluding hydrogens is 168 g/mol. The Morgan fingerprint density at radius 3 is 3.08 bits per heavy atom. The van der Waals surface area contributed by atoms with E-state index in [4.69, 9.17) is 6.42 Å². The summed E-state index contributed by atoms with van der Waals surface area (Å²) in [6.45, 7) is 0.474. The molecule has 4 nitrogen and oxygen atoms in total. The van der Waals surface area contributed by atoms with Crippen LogP contribution < -0.4 is 10.6 Å². The number of carbonyl (C=O) groups is 2. The largest absolute Gasteiger partial charge is 0.353 e. The number of rotatable bonds is 3. The molecular formula is C9H12N2O2. The van der Waals surface area contributed by atoms with Crippen LogP contribution in [0.5, 0.6) is 0 Å². The van der Waals surface area contributed by atoms with Crippen molar-refractivity contribution >= 4 is 11.8 Å². The van der Waals surface area contributed by atoms with Crippen LogP contribution in [0.25, 0.3) is 0 Å². The molecule has 13 heavy (non-hydrogen) atoms. The molecule has 1 heterocycles. The molecule has 0 radical (unpaired) electrons. The Morgan fingerprint density at radius 1 is 1.77 bits per heavy atom. The molecule has 70 valence electrons. The van der Waals surface area contributed by atoms with Crippen molar-refractivity contribution in [2.45, 2.75) is 25.3 Å². The van der Waals surface area contributed by atoms with Crippen molar-refractivity contribution in [2.24, 2.45) is 0 Å². The molecule has 2 amide bonds. The average Bonchev–Trinajstić information content (AvgIpc) is 2.52. The van der Waals surface area contributed by atoms with E-state index in [0.29, 0.717) is 25.8 Å². The predicted molar refractivity (Wildman–Crippen MR) is 47.6 cm³/mol. The van der Waals surface area contributed by atoms with E-state index < -0.39 is 0 Å². The van der Waals surface area contributed by atoms with E-state index in [-0.39, 0.29) is 17.9 Å². The maximum Gasteiger partial charge on any atom is 0.242 e. The quantitative estimate of drug-likeness (QED) is 0.450. The average molecular weight is 180 g/mol. The molecule has 1 saturated heterocycles. The molecule has 1 rings (SSSR count). The lowest BCUT2D eigenvalue weighted by Crippen LogP contribution is -2.41. The van der Waals surface area contributed by atoms with Crippen LogP contribution in [-0.2, 0) is 9.59 Å². The molecule has 1 atom stereocenters. The van der Waals surface area contributed by atoms with E-state index in [0.717, 1.165) is 0 Å². The summed E-state index contributed by atoms with van der Waals surface area (Å²) in [5, 5.41) is 5.23. The molecule has 1 aliphatic rings. The molecule has 0 bridgehead atoms. The van der Waals surface area contributed by atoms with Gasteiger partial charge in [0, 0.05) is 19.4 Å². The Labute approximate surface area is 77.1 Å². The van der Waals surface area contributed by atoms with Crippen LogP contribution in [0.15, 0.2) is 0 Å². The van der Waals surface area contributed by atoms with Crippen LogP contribution in [0.3, 0.4) is 0 Å². The van der Waals surface area contributed by atoms with Crippen LogP contribution in [-0.4, -0.2) is 24.4 Å². The summed E-state index contributed by atoms with van der Waals surface area (Å²) >= 11 is 0. The van der Waals surface area contributed by atoms with Crippen LogP contribution in [0, 0.1) is 12.3 Å². The van der Waals surface area contributed by atoms with E-state index in [1.54, 1.807) is 0 Å². The number of terminal acetylenes is 1. The summed E-state index contributed by atoms with van der Waals surface area (Å²) in [4.78, 5) is 22.0. The molecule has 1 aliphatic heterocycles. The molecule has 4 heteroatoms. The minimum atomic E-state index is -0.356. The van der Waals surface area contributed by atoms with Gasteiger partial charge in [-0.1, -0.05) is 0 Å². The minimum absolute atomic E-state index is 0.0582. The second-order valence-electron chi connectivity index (χ2n) is 2.90. The maximum atomic E-state index is 11.3. The zero-order valence-corrected chi connectivity index (χ0v) is 7.30. The van der Waals surface area contributed by atoms with Gasteiger partial charge >= 0.3 is 0 Å². The maximum absolute atomic E-state index is 11.3. The van der Waals surface area contributed by atoms with Crippen LogP contribution in [0.4, 0.5) is 0 Å². The van der Waals surface area contributed by atoms with Crippen LogP contribution >= 0.6 is 0 Å². The summed E-state index contributed by atoms with van der Waals surface area (Å²) in [5.41, 5.74) is 0. The fraction of sp³-hybridized carbons (Fsp3) is 0.556. The van der Waals surface area contributed by atoms with Gasteiger partial charge in [0.05, 0.1) is 0 Å². The smallest absolute Gasteiger partial charge is 0.242 e. The Bertz CT molecular complexity index is 255. The van der Waals surface area contributed by atoms with Crippen molar-refractivity contribution in [3.8, 4) is 12.3 Å². The SMILES string of the molecule is C#CCCNC(=O)[C@H]1CCC(=O)N1. The number of hydrogen-bond acceptors (Lipinski definition) is 2. The van der Waals surface area contributed by atoms with Crippen molar-refractivity contribution < 1.29 is 9.59 Å². The molecule has 0 aromatic rings. The normalized spacial score (nSPS) is 20.5. The zero-order valence-electron chi connectivity index (χ0n) is 7.30. The summed E-state index contributed by atoms with van der Waals surface area (Å²) in [6, 6.07) is -0.356. The van der Waals surface area contributed by atoms with E-state index in [2.05, 4.69) is 16.6 Å². The van der Waals surface area contributed by atoms with Gasteiger partial charge in [0.2, 0.25) is 11.8 Å². The van der Waals surface area contributed by atoms with E-state index in [9.17, 15) is 9.59 Å². The molecule has 0 saturated carbocycles. The van der Waals surface area contributed by atoms with Gasteiger partial charge in [-0.2, -0.15) is 0 Å². The highest BCUT2D eigenvalue weighted by Gasteiger charge is 2.26. The fourth-order valence-corrected chi connectivity index (χ4v) is 1.19. The molecule has 0 aromatic heterocycles. The van der Waals surface area contributed by atoms with E-state index in [1.165, 1.54) is 0 Å². The van der Waals surface area contributed by atoms with Crippen LogP contribution in [0.2, 0.25) is 0 Å². The third kappa shape index (κ3) is 2.79.